The average Bonchev–Trinajstić information content (AvgIpc) is 2.50. The Kier molecular flexibility index (Phi) is 4.11. The van der Waals surface area contributed by atoms with Crippen LogP contribution in [0.1, 0.15) is 35.4 Å². The van der Waals surface area contributed by atoms with Gasteiger partial charge in [0.25, 0.3) is 0 Å². The number of aryl methyl sites for hydroxylation is 2. The minimum Gasteiger partial charge on any atom is -0.398 e. The lowest BCUT2D eigenvalue weighted by atomic mass is 9.84. The van der Waals surface area contributed by atoms with E-state index in [1.807, 2.05) is 25.1 Å². The summed E-state index contributed by atoms with van der Waals surface area (Å²) in [6.07, 6.45) is 3.45. The van der Waals surface area contributed by atoms with E-state index in [-0.39, 0.29) is 0 Å². The molecule has 21 heavy (non-hydrogen) atoms. The maximum atomic E-state index is 12.7. The zero-order chi connectivity index (χ0) is 14.8. The Morgan fingerprint density at radius 2 is 2.05 bits per heavy atom. The van der Waals surface area contributed by atoms with Crippen molar-refractivity contribution < 1.29 is 4.21 Å². The summed E-state index contributed by atoms with van der Waals surface area (Å²) in [5.41, 5.74) is 10.5. The van der Waals surface area contributed by atoms with Crippen molar-refractivity contribution in [3.63, 3.8) is 0 Å². The molecule has 2 unspecified atom stereocenters. The van der Waals surface area contributed by atoms with Crippen LogP contribution in [0.15, 0.2) is 47.4 Å². The van der Waals surface area contributed by atoms with Gasteiger partial charge in [-0.2, -0.15) is 0 Å². The first kappa shape index (κ1) is 14.3. The van der Waals surface area contributed by atoms with Crippen molar-refractivity contribution >= 4 is 16.5 Å². The Balaban J connectivity index is 1.84. The number of nitrogens with two attached hydrogens (primary N) is 1. The summed E-state index contributed by atoms with van der Waals surface area (Å²) in [5.74, 6) is 1.06. The fourth-order valence-electron chi connectivity index (χ4n) is 3.14. The van der Waals surface area contributed by atoms with Crippen LogP contribution in [0.3, 0.4) is 0 Å². The molecule has 1 aliphatic rings. The standard InChI is InChI=1S/C18H21NOS/c1-13-9-10-17(19)18(11-13)21(20)12-15-7-4-6-14-5-2-3-8-16(14)15/h2-3,5,8-11,15H,4,6-7,12,19H2,1H3. The summed E-state index contributed by atoms with van der Waals surface area (Å²) >= 11 is 0. The van der Waals surface area contributed by atoms with Gasteiger partial charge in [0.05, 0.1) is 15.7 Å². The molecule has 0 bridgehead atoms. The molecule has 1 aliphatic carbocycles. The van der Waals surface area contributed by atoms with Crippen molar-refractivity contribution in [2.45, 2.75) is 37.0 Å². The fraction of sp³-hybridized carbons (Fsp3) is 0.333. The third kappa shape index (κ3) is 3.03. The number of nitrogen functional groups attached to an aromatic ring is 1. The van der Waals surface area contributed by atoms with Crippen LogP contribution in [0.5, 0.6) is 0 Å². The van der Waals surface area contributed by atoms with Crippen molar-refractivity contribution in [3.8, 4) is 0 Å². The zero-order valence-electron chi connectivity index (χ0n) is 12.3. The molecule has 110 valence electrons. The molecular weight excluding hydrogens is 278 g/mol. The van der Waals surface area contributed by atoms with Gasteiger partial charge in [-0.05, 0) is 60.9 Å². The van der Waals surface area contributed by atoms with E-state index in [0.29, 0.717) is 17.4 Å². The van der Waals surface area contributed by atoms with E-state index in [0.717, 1.165) is 23.3 Å². The number of hydrogen-bond acceptors (Lipinski definition) is 2. The highest BCUT2D eigenvalue weighted by Gasteiger charge is 2.23. The van der Waals surface area contributed by atoms with Crippen molar-refractivity contribution in [2.24, 2.45) is 0 Å². The number of hydrogen-bond donors (Lipinski definition) is 1. The second-order valence-electron chi connectivity index (χ2n) is 5.84. The minimum atomic E-state index is -1.04. The molecule has 2 N–H and O–H groups in total. The van der Waals surface area contributed by atoms with Crippen LogP contribution in [-0.4, -0.2) is 9.96 Å². The van der Waals surface area contributed by atoms with E-state index in [1.54, 1.807) is 0 Å². The molecule has 0 spiro atoms. The molecule has 0 saturated carbocycles. The fourth-order valence-corrected chi connectivity index (χ4v) is 4.68. The maximum Gasteiger partial charge on any atom is 0.0620 e. The smallest absolute Gasteiger partial charge is 0.0620 e. The SMILES string of the molecule is Cc1ccc(N)c(S(=O)CC2CCCc3ccccc32)c1. The summed E-state index contributed by atoms with van der Waals surface area (Å²) in [6.45, 7) is 2.01. The van der Waals surface area contributed by atoms with E-state index in [1.165, 1.54) is 17.5 Å². The van der Waals surface area contributed by atoms with Crippen LogP contribution >= 0.6 is 0 Å². The molecule has 2 aromatic carbocycles. The summed E-state index contributed by atoms with van der Waals surface area (Å²) in [4.78, 5) is 0.790. The average molecular weight is 299 g/mol. The Morgan fingerprint density at radius 3 is 2.90 bits per heavy atom. The van der Waals surface area contributed by atoms with Crippen LogP contribution in [0.4, 0.5) is 5.69 Å². The molecule has 3 rings (SSSR count). The summed E-state index contributed by atoms with van der Waals surface area (Å²) < 4.78 is 12.7. The van der Waals surface area contributed by atoms with Crippen LogP contribution in [0.25, 0.3) is 0 Å². The molecule has 2 nitrogen and oxygen atoms in total. The largest absolute Gasteiger partial charge is 0.398 e. The van der Waals surface area contributed by atoms with Crippen LogP contribution < -0.4 is 5.73 Å². The lowest BCUT2D eigenvalue weighted by molar-refractivity contribution is 0.588. The van der Waals surface area contributed by atoms with Crippen LogP contribution in [-0.2, 0) is 17.2 Å². The highest BCUT2D eigenvalue weighted by molar-refractivity contribution is 7.85. The van der Waals surface area contributed by atoms with Gasteiger partial charge in [-0.3, -0.25) is 4.21 Å². The second kappa shape index (κ2) is 6.02. The van der Waals surface area contributed by atoms with Crippen LogP contribution in [0.2, 0.25) is 0 Å². The lowest BCUT2D eigenvalue weighted by Gasteiger charge is -2.25. The quantitative estimate of drug-likeness (QED) is 0.876. The van der Waals surface area contributed by atoms with Crippen molar-refractivity contribution in [2.75, 3.05) is 11.5 Å². The molecule has 0 fully saturated rings. The molecule has 2 aromatic rings. The monoisotopic (exact) mass is 299 g/mol. The number of anilines is 1. The molecule has 0 radical (unpaired) electrons. The third-order valence-electron chi connectivity index (χ3n) is 4.26. The van der Waals surface area contributed by atoms with Crippen LogP contribution in [0, 0.1) is 6.92 Å². The maximum absolute atomic E-state index is 12.7. The van der Waals surface area contributed by atoms with Gasteiger partial charge in [0.2, 0.25) is 0 Å². The van der Waals surface area contributed by atoms with Gasteiger partial charge in [-0.1, -0.05) is 30.3 Å². The van der Waals surface area contributed by atoms with Crippen molar-refractivity contribution in [3.05, 3.63) is 59.2 Å². The summed E-state index contributed by atoms with van der Waals surface area (Å²) in [7, 11) is -1.04. The number of rotatable bonds is 3. The van der Waals surface area contributed by atoms with Gasteiger partial charge >= 0.3 is 0 Å². The zero-order valence-corrected chi connectivity index (χ0v) is 13.2. The lowest BCUT2D eigenvalue weighted by Crippen LogP contribution is -2.16. The third-order valence-corrected chi connectivity index (χ3v) is 5.81. The highest BCUT2D eigenvalue weighted by atomic mass is 32.2. The predicted octanol–water partition coefficient (Wildman–Crippen LogP) is 3.80. The topological polar surface area (TPSA) is 43.1 Å². The first-order valence-electron chi connectivity index (χ1n) is 7.47. The highest BCUT2D eigenvalue weighted by Crippen LogP contribution is 2.33. The van der Waals surface area contributed by atoms with Gasteiger partial charge in [0, 0.05) is 11.4 Å². The van der Waals surface area contributed by atoms with Gasteiger partial charge in [0.1, 0.15) is 0 Å². The Labute approximate surface area is 128 Å². The van der Waals surface area contributed by atoms with Gasteiger partial charge in [-0.25, -0.2) is 0 Å². The van der Waals surface area contributed by atoms with Gasteiger partial charge in [0.15, 0.2) is 0 Å². The first-order chi connectivity index (χ1) is 10.1. The predicted molar refractivity (Wildman–Crippen MR) is 89.0 cm³/mol. The molecule has 0 amide bonds. The molecule has 2 atom stereocenters. The Hall–Kier alpha value is -1.61. The number of benzene rings is 2. The summed E-state index contributed by atoms with van der Waals surface area (Å²) in [6, 6.07) is 14.3. The number of fused-ring (bicyclic) bond motifs is 1. The van der Waals surface area contributed by atoms with Crippen molar-refractivity contribution in [1.82, 2.24) is 0 Å². The van der Waals surface area contributed by atoms with E-state index in [2.05, 4.69) is 24.3 Å². The Morgan fingerprint density at radius 1 is 1.24 bits per heavy atom. The second-order valence-corrected chi connectivity index (χ2v) is 7.31. The van der Waals surface area contributed by atoms with E-state index < -0.39 is 10.8 Å². The molecule has 0 aliphatic heterocycles. The molecule has 0 saturated heterocycles. The van der Waals surface area contributed by atoms with Gasteiger partial charge < -0.3 is 5.73 Å². The van der Waals surface area contributed by atoms with Crippen molar-refractivity contribution in [1.29, 1.82) is 0 Å². The minimum absolute atomic E-state index is 0.385. The molecule has 0 heterocycles. The van der Waals surface area contributed by atoms with Gasteiger partial charge in [-0.15, -0.1) is 0 Å². The van der Waals surface area contributed by atoms with E-state index in [9.17, 15) is 4.21 Å². The molecule has 0 aromatic heterocycles. The molecule has 3 heteroatoms. The summed E-state index contributed by atoms with van der Waals surface area (Å²) in [5, 5.41) is 0. The van der Waals surface area contributed by atoms with E-state index >= 15 is 0 Å². The normalized spacial score (nSPS) is 19.0. The Bertz CT molecular complexity index is 681. The van der Waals surface area contributed by atoms with E-state index in [4.69, 9.17) is 5.73 Å². The molecular formula is C18H21NOS. The first-order valence-corrected chi connectivity index (χ1v) is 8.79.